The van der Waals surface area contributed by atoms with Crippen molar-refractivity contribution in [2.24, 2.45) is 0 Å². The van der Waals surface area contributed by atoms with E-state index in [9.17, 15) is 0 Å². The number of aryl methyl sites for hydroxylation is 3. The summed E-state index contributed by atoms with van der Waals surface area (Å²) in [6.45, 7) is 10.6. The van der Waals surface area contributed by atoms with Gasteiger partial charge in [0.1, 0.15) is 17.0 Å². The molecule has 0 aliphatic carbocycles. The second kappa shape index (κ2) is 6.06. The first-order valence-corrected chi connectivity index (χ1v) is 9.23. The van der Waals surface area contributed by atoms with Crippen LogP contribution >= 0.6 is 11.3 Å². The summed E-state index contributed by atoms with van der Waals surface area (Å²) in [4.78, 5) is 16.4. The van der Waals surface area contributed by atoms with Gasteiger partial charge in [0.25, 0.3) is 0 Å². The number of anilines is 2. The van der Waals surface area contributed by atoms with Gasteiger partial charge in [-0.3, -0.25) is 0 Å². The third-order valence-corrected chi connectivity index (χ3v) is 6.10. The molecule has 1 aliphatic heterocycles. The number of para-hydroxylation sites is 1. The summed E-state index contributed by atoms with van der Waals surface area (Å²) in [7, 11) is 0. The van der Waals surface area contributed by atoms with Crippen LogP contribution in [0, 0.1) is 20.8 Å². The largest absolute Gasteiger partial charge is 0.368 e. The van der Waals surface area contributed by atoms with E-state index in [1.165, 1.54) is 27.1 Å². The molecule has 1 fully saturated rings. The molecular formula is C19H22N4S. The third-order valence-electron chi connectivity index (χ3n) is 4.98. The molecule has 24 heavy (non-hydrogen) atoms. The molecule has 0 saturated carbocycles. The van der Waals surface area contributed by atoms with Crippen LogP contribution in [0.3, 0.4) is 0 Å². The zero-order valence-corrected chi connectivity index (χ0v) is 15.2. The van der Waals surface area contributed by atoms with Crippen LogP contribution in [0.25, 0.3) is 10.2 Å². The average molecular weight is 338 g/mol. The summed E-state index contributed by atoms with van der Waals surface area (Å²) >= 11 is 1.77. The van der Waals surface area contributed by atoms with Crippen molar-refractivity contribution in [1.29, 1.82) is 0 Å². The lowest BCUT2D eigenvalue weighted by molar-refractivity contribution is 0.648. The predicted molar refractivity (Wildman–Crippen MR) is 102 cm³/mol. The topological polar surface area (TPSA) is 32.3 Å². The molecule has 1 saturated heterocycles. The Bertz CT molecular complexity index is 878. The van der Waals surface area contributed by atoms with Crippen molar-refractivity contribution in [3.05, 3.63) is 46.6 Å². The van der Waals surface area contributed by atoms with E-state index in [-0.39, 0.29) is 0 Å². The molecule has 124 valence electrons. The maximum atomic E-state index is 4.62. The number of aromatic nitrogens is 2. The zero-order valence-electron chi connectivity index (χ0n) is 14.4. The Kier molecular flexibility index (Phi) is 3.88. The van der Waals surface area contributed by atoms with Gasteiger partial charge in [-0.25, -0.2) is 9.97 Å². The van der Waals surface area contributed by atoms with Crippen molar-refractivity contribution in [2.45, 2.75) is 20.8 Å². The predicted octanol–water partition coefficient (Wildman–Crippen LogP) is 3.94. The van der Waals surface area contributed by atoms with E-state index in [0.717, 1.165) is 36.8 Å². The summed E-state index contributed by atoms with van der Waals surface area (Å²) in [5.74, 6) is 1.10. The smallest absolute Gasteiger partial charge is 0.141 e. The SMILES string of the molecule is Cc1ccccc1N1CCN(c2ncnc3sc(C)c(C)c23)CC1. The highest BCUT2D eigenvalue weighted by molar-refractivity contribution is 7.18. The standard InChI is InChI=1S/C19H22N4S/c1-13-6-4-5-7-16(13)22-8-10-23(11-9-22)18-17-14(2)15(3)24-19(17)21-12-20-18/h4-7,12H,8-11H2,1-3H3. The van der Waals surface area contributed by atoms with Gasteiger partial charge in [0.05, 0.1) is 5.39 Å². The van der Waals surface area contributed by atoms with Crippen LogP contribution in [0.2, 0.25) is 0 Å². The summed E-state index contributed by atoms with van der Waals surface area (Å²) in [6, 6.07) is 8.64. The minimum atomic E-state index is 0.995. The first-order chi connectivity index (χ1) is 11.6. The Morgan fingerprint density at radius 2 is 1.62 bits per heavy atom. The molecule has 0 spiro atoms. The van der Waals surface area contributed by atoms with E-state index in [4.69, 9.17) is 0 Å². The quantitative estimate of drug-likeness (QED) is 0.708. The Hall–Kier alpha value is -2.14. The zero-order chi connectivity index (χ0) is 16.7. The lowest BCUT2D eigenvalue weighted by Crippen LogP contribution is -2.47. The molecule has 3 heterocycles. The van der Waals surface area contributed by atoms with Crippen molar-refractivity contribution in [2.75, 3.05) is 36.0 Å². The van der Waals surface area contributed by atoms with Gasteiger partial charge in [0, 0.05) is 36.7 Å². The Labute approximate surface area is 146 Å². The van der Waals surface area contributed by atoms with E-state index < -0.39 is 0 Å². The number of hydrogen-bond donors (Lipinski definition) is 0. The lowest BCUT2D eigenvalue weighted by atomic mass is 10.1. The van der Waals surface area contributed by atoms with Gasteiger partial charge in [-0.2, -0.15) is 0 Å². The molecule has 0 N–H and O–H groups in total. The van der Waals surface area contributed by atoms with Gasteiger partial charge < -0.3 is 9.80 Å². The molecule has 1 aromatic carbocycles. The molecule has 1 aliphatic rings. The molecule has 0 atom stereocenters. The second-order valence-electron chi connectivity index (χ2n) is 6.42. The summed E-state index contributed by atoms with van der Waals surface area (Å²) in [6.07, 6.45) is 1.71. The molecule has 4 rings (SSSR count). The minimum absolute atomic E-state index is 0.995. The van der Waals surface area contributed by atoms with Crippen LogP contribution < -0.4 is 9.80 Å². The van der Waals surface area contributed by atoms with E-state index in [1.54, 1.807) is 17.7 Å². The van der Waals surface area contributed by atoms with E-state index in [0.29, 0.717) is 0 Å². The number of benzene rings is 1. The lowest BCUT2D eigenvalue weighted by Gasteiger charge is -2.37. The fourth-order valence-electron chi connectivity index (χ4n) is 3.48. The molecule has 0 unspecified atom stereocenters. The van der Waals surface area contributed by atoms with Crippen LogP contribution in [0.5, 0.6) is 0 Å². The monoisotopic (exact) mass is 338 g/mol. The van der Waals surface area contributed by atoms with Crippen LogP contribution in [0.15, 0.2) is 30.6 Å². The van der Waals surface area contributed by atoms with Crippen LogP contribution in [0.1, 0.15) is 16.0 Å². The van der Waals surface area contributed by atoms with E-state index in [1.807, 2.05) is 0 Å². The number of nitrogens with zero attached hydrogens (tertiary/aromatic N) is 4. The molecule has 3 aromatic rings. The number of hydrogen-bond acceptors (Lipinski definition) is 5. The molecule has 0 radical (unpaired) electrons. The van der Waals surface area contributed by atoms with Crippen molar-refractivity contribution in [3.63, 3.8) is 0 Å². The highest BCUT2D eigenvalue weighted by atomic mass is 32.1. The number of thiophene rings is 1. The summed E-state index contributed by atoms with van der Waals surface area (Å²) < 4.78 is 0. The summed E-state index contributed by atoms with van der Waals surface area (Å²) in [5, 5.41) is 1.24. The Balaban J connectivity index is 1.60. The summed E-state index contributed by atoms with van der Waals surface area (Å²) in [5.41, 5.74) is 4.03. The highest BCUT2D eigenvalue weighted by Gasteiger charge is 2.22. The fraction of sp³-hybridized carbons (Fsp3) is 0.368. The molecule has 0 bridgehead atoms. The molecule has 5 heteroatoms. The van der Waals surface area contributed by atoms with E-state index in [2.05, 4.69) is 64.8 Å². The Morgan fingerprint density at radius 1 is 0.917 bits per heavy atom. The van der Waals surface area contributed by atoms with Gasteiger partial charge in [-0.05, 0) is 38.0 Å². The van der Waals surface area contributed by atoms with Crippen molar-refractivity contribution < 1.29 is 0 Å². The second-order valence-corrected chi connectivity index (χ2v) is 7.62. The molecular weight excluding hydrogens is 316 g/mol. The Morgan fingerprint density at radius 3 is 2.38 bits per heavy atom. The van der Waals surface area contributed by atoms with Crippen LogP contribution in [0.4, 0.5) is 11.5 Å². The van der Waals surface area contributed by atoms with Crippen LogP contribution in [-0.2, 0) is 0 Å². The minimum Gasteiger partial charge on any atom is -0.368 e. The van der Waals surface area contributed by atoms with Crippen molar-refractivity contribution in [1.82, 2.24) is 9.97 Å². The van der Waals surface area contributed by atoms with Crippen molar-refractivity contribution >= 4 is 33.1 Å². The first-order valence-electron chi connectivity index (χ1n) is 8.41. The maximum absolute atomic E-state index is 4.62. The average Bonchev–Trinajstić information content (AvgIpc) is 2.90. The van der Waals surface area contributed by atoms with Gasteiger partial charge in [0.15, 0.2) is 0 Å². The van der Waals surface area contributed by atoms with E-state index >= 15 is 0 Å². The van der Waals surface area contributed by atoms with Crippen LogP contribution in [-0.4, -0.2) is 36.1 Å². The van der Waals surface area contributed by atoms with Crippen molar-refractivity contribution in [3.8, 4) is 0 Å². The maximum Gasteiger partial charge on any atom is 0.141 e. The molecule has 2 aromatic heterocycles. The number of piperazine rings is 1. The van der Waals surface area contributed by atoms with Gasteiger partial charge in [-0.15, -0.1) is 11.3 Å². The highest BCUT2D eigenvalue weighted by Crippen LogP contribution is 2.34. The first kappa shape index (κ1) is 15.4. The fourth-order valence-corrected chi connectivity index (χ4v) is 4.47. The molecule has 0 amide bonds. The number of fused-ring (bicyclic) bond motifs is 1. The number of rotatable bonds is 2. The van der Waals surface area contributed by atoms with Gasteiger partial charge in [0.2, 0.25) is 0 Å². The molecule has 4 nitrogen and oxygen atoms in total. The van der Waals surface area contributed by atoms with Gasteiger partial charge >= 0.3 is 0 Å². The third kappa shape index (κ3) is 2.53. The van der Waals surface area contributed by atoms with Gasteiger partial charge in [-0.1, -0.05) is 18.2 Å². The normalized spacial score (nSPS) is 15.3.